The van der Waals surface area contributed by atoms with Crippen LogP contribution in [0.25, 0.3) is 0 Å². The molecule has 0 amide bonds. The highest BCUT2D eigenvalue weighted by molar-refractivity contribution is 5.82. The second-order valence-corrected chi connectivity index (χ2v) is 3.99. The Morgan fingerprint density at radius 3 is 2.93 bits per heavy atom. The van der Waals surface area contributed by atoms with Crippen LogP contribution in [0.4, 0.5) is 0 Å². The minimum absolute atomic E-state index is 0.0115. The van der Waals surface area contributed by atoms with Gasteiger partial charge in [-0.05, 0) is 32.2 Å². The molecule has 0 radical (unpaired) electrons. The first kappa shape index (κ1) is 9.93. The van der Waals surface area contributed by atoms with Crippen molar-refractivity contribution in [2.75, 3.05) is 20.3 Å². The molecule has 14 heavy (non-hydrogen) atoms. The van der Waals surface area contributed by atoms with Crippen LogP contribution in [0.3, 0.4) is 0 Å². The van der Waals surface area contributed by atoms with Gasteiger partial charge >= 0.3 is 5.97 Å². The Balaban J connectivity index is 2.16. The van der Waals surface area contributed by atoms with Crippen molar-refractivity contribution >= 4 is 5.97 Å². The highest BCUT2D eigenvalue weighted by Gasteiger charge is 2.50. The molecule has 4 heteroatoms. The van der Waals surface area contributed by atoms with Gasteiger partial charge in [-0.2, -0.15) is 0 Å². The van der Waals surface area contributed by atoms with E-state index >= 15 is 0 Å². The van der Waals surface area contributed by atoms with Gasteiger partial charge in [-0.15, -0.1) is 0 Å². The number of carbonyl (C=O) groups excluding carboxylic acids is 1. The van der Waals surface area contributed by atoms with Crippen LogP contribution in [-0.2, 0) is 14.3 Å². The fourth-order valence-electron chi connectivity index (χ4n) is 2.50. The van der Waals surface area contributed by atoms with Gasteiger partial charge in [0, 0.05) is 6.61 Å². The third-order valence-electron chi connectivity index (χ3n) is 3.22. The zero-order valence-electron chi connectivity index (χ0n) is 8.54. The van der Waals surface area contributed by atoms with E-state index < -0.39 is 5.54 Å². The Labute approximate surface area is 84.0 Å². The number of nitrogens with one attached hydrogen (secondary N) is 1. The topological polar surface area (TPSA) is 47.6 Å². The summed E-state index contributed by atoms with van der Waals surface area (Å²) in [6.07, 6.45) is 3.88. The number of methoxy groups -OCH3 is 1. The molecule has 2 rings (SSSR count). The number of hydrogen-bond acceptors (Lipinski definition) is 4. The number of rotatable bonds is 2. The van der Waals surface area contributed by atoms with Gasteiger partial charge in [-0.3, -0.25) is 5.32 Å². The van der Waals surface area contributed by atoms with Gasteiger partial charge in [0.2, 0.25) is 0 Å². The molecule has 0 aromatic heterocycles. The third kappa shape index (κ3) is 1.42. The second-order valence-electron chi connectivity index (χ2n) is 3.99. The van der Waals surface area contributed by atoms with Crippen LogP contribution in [0.2, 0.25) is 0 Å². The van der Waals surface area contributed by atoms with E-state index in [1.54, 1.807) is 0 Å². The first-order valence-corrected chi connectivity index (χ1v) is 5.24. The standard InChI is InChI=1S/C10H17NO3/c1-13-9(12)10(5-3-6-11-10)8-4-2-7-14-8/h8,11H,2-7H2,1H3. The first-order chi connectivity index (χ1) is 6.79. The van der Waals surface area contributed by atoms with Gasteiger partial charge in [-0.1, -0.05) is 0 Å². The lowest BCUT2D eigenvalue weighted by molar-refractivity contribution is -0.153. The van der Waals surface area contributed by atoms with E-state index in [-0.39, 0.29) is 12.1 Å². The summed E-state index contributed by atoms with van der Waals surface area (Å²) in [7, 11) is 1.44. The van der Waals surface area contributed by atoms with Gasteiger partial charge < -0.3 is 9.47 Å². The van der Waals surface area contributed by atoms with Gasteiger partial charge in [0.25, 0.3) is 0 Å². The Hall–Kier alpha value is -0.610. The molecule has 2 aliphatic heterocycles. The van der Waals surface area contributed by atoms with Crippen molar-refractivity contribution < 1.29 is 14.3 Å². The average Bonchev–Trinajstić information content (AvgIpc) is 2.86. The molecule has 80 valence electrons. The normalized spacial score (nSPS) is 37.4. The van der Waals surface area contributed by atoms with Crippen molar-refractivity contribution in [3.63, 3.8) is 0 Å². The maximum absolute atomic E-state index is 11.8. The fraction of sp³-hybridized carbons (Fsp3) is 0.900. The summed E-state index contributed by atoms with van der Waals surface area (Å²) in [5.74, 6) is -0.165. The molecule has 2 saturated heterocycles. The lowest BCUT2D eigenvalue weighted by Crippen LogP contribution is -2.57. The monoisotopic (exact) mass is 199 g/mol. The van der Waals surface area contributed by atoms with E-state index in [1.807, 2.05) is 0 Å². The van der Waals surface area contributed by atoms with Gasteiger partial charge in [0.05, 0.1) is 13.2 Å². The van der Waals surface area contributed by atoms with E-state index in [2.05, 4.69) is 5.32 Å². The smallest absolute Gasteiger partial charge is 0.328 e. The molecule has 2 unspecified atom stereocenters. The highest BCUT2D eigenvalue weighted by atomic mass is 16.5. The van der Waals surface area contributed by atoms with Gasteiger partial charge in [-0.25, -0.2) is 4.79 Å². The number of esters is 1. The minimum atomic E-state index is -0.550. The molecule has 2 heterocycles. The molecule has 0 bridgehead atoms. The van der Waals surface area contributed by atoms with Crippen LogP contribution >= 0.6 is 0 Å². The molecular weight excluding hydrogens is 182 g/mol. The summed E-state index contributed by atoms with van der Waals surface area (Å²) in [5, 5.41) is 3.26. The SMILES string of the molecule is COC(=O)C1(C2CCCO2)CCCN1. The molecule has 0 aliphatic carbocycles. The van der Waals surface area contributed by atoms with E-state index in [4.69, 9.17) is 9.47 Å². The predicted molar refractivity (Wildman–Crippen MR) is 51.0 cm³/mol. The molecule has 1 N–H and O–H groups in total. The van der Waals surface area contributed by atoms with Crippen LogP contribution in [0.5, 0.6) is 0 Å². The molecule has 2 aliphatic rings. The lowest BCUT2D eigenvalue weighted by Gasteiger charge is -2.31. The fourth-order valence-corrected chi connectivity index (χ4v) is 2.50. The molecule has 2 atom stereocenters. The second kappa shape index (κ2) is 3.87. The molecule has 0 spiro atoms. The van der Waals surface area contributed by atoms with Gasteiger partial charge in [0.1, 0.15) is 5.54 Å². The maximum Gasteiger partial charge on any atom is 0.328 e. The zero-order chi connectivity index (χ0) is 10.0. The van der Waals surface area contributed by atoms with Crippen molar-refractivity contribution in [3.8, 4) is 0 Å². The molecule has 4 nitrogen and oxygen atoms in total. The lowest BCUT2D eigenvalue weighted by atomic mass is 9.89. The zero-order valence-corrected chi connectivity index (χ0v) is 8.54. The van der Waals surface area contributed by atoms with E-state index in [0.29, 0.717) is 0 Å². The van der Waals surface area contributed by atoms with Gasteiger partial charge in [0.15, 0.2) is 0 Å². The molecule has 0 aromatic rings. The van der Waals surface area contributed by atoms with E-state index in [0.717, 1.165) is 38.8 Å². The highest BCUT2D eigenvalue weighted by Crippen LogP contribution is 2.32. The van der Waals surface area contributed by atoms with E-state index in [1.165, 1.54) is 7.11 Å². The molecule has 0 saturated carbocycles. The summed E-state index contributed by atoms with van der Waals surface area (Å²) in [6.45, 7) is 1.65. The summed E-state index contributed by atoms with van der Waals surface area (Å²) < 4.78 is 10.5. The van der Waals surface area contributed by atoms with Crippen LogP contribution in [-0.4, -0.2) is 37.9 Å². The largest absolute Gasteiger partial charge is 0.468 e. The molecule has 0 aromatic carbocycles. The number of carbonyl (C=O) groups is 1. The maximum atomic E-state index is 11.8. The average molecular weight is 199 g/mol. The summed E-state index contributed by atoms with van der Waals surface area (Å²) in [4.78, 5) is 11.8. The van der Waals surface area contributed by atoms with Crippen molar-refractivity contribution in [3.05, 3.63) is 0 Å². The quantitative estimate of drug-likeness (QED) is 0.656. The minimum Gasteiger partial charge on any atom is -0.468 e. The van der Waals surface area contributed by atoms with Crippen LogP contribution in [0.15, 0.2) is 0 Å². The summed E-state index contributed by atoms with van der Waals surface area (Å²) in [5.41, 5.74) is -0.550. The van der Waals surface area contributed by atoms with E-state index in [9.17, 15) is 4.79 Å². The van der Waals surface area contributed by atoms with Crippen LogP contribution < -0.4 is 5.32 Å². The van der Waals surface area contributed by atoms with Crippen LogP contribution in [0.1, 0.15) is 25.7 Å². The van der Waals surface area contributed by atoms with Crippen molar-refractivity contribution in [2.24, 2.45) is 0 Å². The van der Waals surface area contributed by atoms with Crippen LogP contribution in [0, 0.1) is 0 Å². The number of ether oxygens (including phenoxy) is 2. The Kier molecular flexibility index (Phi) is 2.74. The third-order valence-corrected chi connectivity index (χ3v) is 3.22. The van der Waals surface area contributed by atoms with Crippen molar-refractivity contribution in [1.29, 1.82) is 0 Å². The predicted octanol–water partition coefficient (Wildman–Crippen LogP) is 0.461. The molecular formula is C10H17NO3. The summed E-state index contributed by atoms with van der Waals surface area (Å²) in [6, 6.07) is 0. The molecule has 2 fully saturated rings. The summed E-state index contributed by atoms with van der Waals surface area (Å²) >= 11 is 0. The Bertz CT molecular complexity index is 217. The van der Waals surface area contributed by atoms with Crippen molar-refractivity contribution in [2.45, 2.75) is 37.3 Å². The Morgan fingerprint density at radius 2 is 2.43 bits per heavy atom. The first-order valence-electron chi connectivity index (χ1n) is 5.24. The number of hydrogen-bond donors (Lipinski definition) is 1. The van der Waals surface area contributed by atoms with Crippen molar-refractivity contribution in [1.82, 2.24) is 5.32 Å². The Morgan fingerprint density at radius 1 is 1.57 bits per heavy atom.